The summed E-state index contributed by atoms with van der Waals surface area (Å²) >= 11 is 0. The van der Waals surface area contributed by atoms with E-state index >= 15 is 0 Å². The third kappa shape index (κ3) is 3.03. The Morgan fingerprint density at radius 2 is 2.22 bits per heavy atom. The molecule has 1 aliphatic rings. The van der Waals surface area contributed by atoms with Crippen molar-refractivity contribution in [3.05, 3.63) is 29.3 Å². The number of rotatable bonds is 4. The molecule has 1 fully saturated rings. The van der Waals surface area contributed by atoms with Crippen LogP contribution in [0.3, 0.4) is 0 Å². The van der Waals surface area contributed by atoms with Crippen molar-refractivity contribution in [1.29, 1.82) is 0 Å². The molecule has 2 rings (SSSR count). The normalized spacial score (nSPS) is 20.9. The van der Waals surface area contributed by atoms with Gasteiger partial charge in [0, 0.05) is 19.1 Å². The van der Waals surface area contributed by atoms with Gasteiger partial charge in [-0.15, -0.1) is 0 Å². The first-order valence-electron chi connectivity index (χ1n) is 6.82. The Morgan fingerprint density at radius 1 is 1.39 bits per heavy atom. The minimum absolute atomic E-state index is 0.547. The average Bonchev–Trinajstić information content (AvgIpc) is 2.41. The summed E-state index contributed by atoms with van der Waals surface area (Å²) in [6.07, 6.45) is 3.84. The van der Waals surface area contributed by atoms with Gasteiger partial charge < -0.3 is 10.5 Å². The third-order valence-corrected chi connectivity index (χ3v) is 3.88. The molecule has 100 valence electrons. The summed E-state index contributed by atoms with van der Waals surface area (Å²) in [5, 5.41) is 0. The van der Waals surface area contributed by atoms with Crippen molar-refractivity contribution in [2.24, 2.45) is 5.73 Å². The second-order valence-corrected chi connectivity index (χ2v) is 5.16. The number of ether oxygens (including phenoxy) is 1. The molecular formula is C15H24N2O. The van der Waals surface area contributed by atoms with Crippen LogP contribution < -0.4 is 10.5 Å². The number of likely N-dealkylation sites (tertiary alicyclic amines) is 1. The first kappa shape index (κ1) is 13.4. The van der Waals surface area contributed by atoms with Gasteiger partial charge in [-0.25, -0.2) is 0 Å². The summed E-state index contributed by atoms with van der Waals surface area (Å²) in [6, 6.07) is 7.03. The van der Waals surface area contributed by atoms with Crippen molar-refractivity contribution in [1.82, 2.24) is 4.90 Å². The predicted molar refractivity (Wildman–Crippen MR) is 74.8 cm³/mol. The van der Waals surface area contributed by atoms with E-state index in [-0.39, 0.29) is 0 Å². The first-order valence-corrected chi connectivity index (χ1v) is 6.82. The van der Waals surface area contributed by atoms with E-state index < -0.39 is 0 Å². The molecule has 1 saturated heterocycles. The number of aryl methyl sites for hydroxylation is 1. The topological polar surface area (TPSA) is 38.5 Å². The highest BCUT2D eigenvalue weighted by Gasteiger charge is 2.21. The lowest BCUT2D eigenvalue weighted by atomic mass is 10.0. The second kappa shape index (κ2) is 6.21. The molecule has 1 aromatic rings. The van der Waals surface area contributed by atoms with Crippen LogP contribution in [0.4, 0.5) is 0 Å². The molecule has 0 amide bonds. The maximum absolute atomic E-state index is 5.86. The largest absolute Gasteiger partial charge is 0.496 e. The van der Waals surface area contributed by atoms with Gasteiger partial charge in [-0.05, 0) is 43.5 Å². The number of nitrogens with zero attached hydrogens (tertiary/aromatic N) is 1. The fourth-order valence-corrected chi connectivity index (χ4v) is 2.73. The number of hydrogen-bond donors (Lipinski definition) is 1. The van der Waals surface area contributed by atoms with Gasteiger partial charge in [-0.1, -0.05) is 18.6 Å². The zero-order chi connectivity index (χ0) is 13.0. The highest BCUT2D eigenvalue weighted by Crippen LogP contribution is 2.23. The van der Waals surface area contributed by atoms with Crippen LogP contribution in [0, 0.1) is 6.92 Å². The minimum Gasteiger partial charge on any atom is -0.496 e. The summed E-state index contributed by atoms with van der Waals surface area (Å²) in [5.74, 6) is 0.980. The van der Waals surface area contributed by atoms with Crippen LogP contribution in [0.5, 0.6) is 5.75 Å². The molecule has 3 heteroatoms. The zero-order valence-corrected chi connectivity index (χ0v) is 11.5. The van der Waals surface area contributed by atoms with Crippen LogP contribution in [-0.2, 0) is 6.54 Å². The predicted octanol–water partition coefficient (Wildman–Crippen LogP) is 2.32. The Hall–Kier alpha value is -1.06. The van der Waals surface area contributed by atoms with Crippen molar-refractivity contribution >= 4 is 0 Å². The monoisotopic (exact) mass is 248 g/mol. The molecule has 0 aromatic heterocycles. The van der Waals surface area contributed by atoms with Crippen molar-refractivity contribution < 1.29 is 4.74 Å². The van der Waals surface area contributed by atoms with Gasteiger partial charge in [0.1, 0.15) is 5.75 Å². The quantitative estimate of drug-likeness (QED) is 0.888. The summed E-state index contributed by atoms with van der Waals surface area (Å²) in [6.45, 7) is 4.99. The van der Waals surface area contributed by atoms with E-state index in [1.54, 1.807) is 7.11 Å². The molecule has 18 heavy (non-hydrogen) atoms. The summed E-state index contributed by atoms with van der Waals surface area (Å²) in [5.41, 5.74) is 8.37. The van der Waals surface area contributed by atoms with Crippen LogP contribution in [0.2, 0.25) is 0 Å². The van der Waals surface area contributed by atoms with Gasteiger partial charge in [0.15, 0.2) is 0 Å². The van der Waals surface area contributed by atoms with Gasteiger partial charge in [-0.2, -0.15) is 0 Å². The number of piperidine rings is 1. The number of nitrogens with two attached hydrogens (primary N) is 1. The van der Waals surface area contributed by atoms with Crippen molar-refractivity contribution in [2.75, 3.05) is 20.2 Å². The molecule has 1 heterocycles. The molecule has 1 atom stereocenters. The molecule has 0 bridgehead atoms. The van der Waals surface area contributed by atoms with E-state index in [9.17, 15) is 0 Å². The Labute approximate surface area is 110 Å². The van der Waals surface area contributed by atoms with Crippen LogP contribution >= 0.6 is 0 Å². The molecule has 0 radical (unpaired) electrons. The molecule has 2 N–H and O–H groups in total. The standard InChI is InChI=1S/C15H24N2O/c1-12-6-7-13(9-15(12)18-2)11-17-8-4-3-5-14(17)10-16/h6-7,9,14H,3-5,8,10-11,16H2,1-2H3. The highest BCUT2D eigenvalue weighted by molar-refractivity contribution is 5.36. The second-order valence-electron chi connectivity index (χ2n) is 5.16. The third-order valence-electron chi connectivity index (χ3n) is 3.88. The molecule has 0 spiro atoms. The Bertz CT molecular complexity index is 392. The number of benzene rings is 1. The van der Waals surface area contributed by atoms with E-state index in [0.29, 0.717) is 6.04 Å². The Kier molecular flexibility index (Phi) is 4.61. The van der Waals surface area contributed by atoms with Crippen LogP contribution in [-0.4, -0.2) is 31.1 Å². The van der Waals surface area contributed by atoms with E-state index in [0.717, 1.165) is 25.4 Å². The molecule has 1 aliphatic heterocycles. The van der Waals surface area contributed by atoms with Crippen molar-refractivity contribution in [2.45, 2.75) is 38.8 Å². The fourth-order valence-electron chi connectivity index (χ4n) is 2.73. The lowest BCUT2D eigenvalue weighted by molar-refractivity contribution is 0.145. The zero-order valence-electron chi connectivity index (χ0n) is 11.5. The summed E-state index contributed by atoms with van der Waals surface area (Å²) in [7, 11) is 1.73. The summed E-state index contributed by atoms with van der Waals surface area (Å²) in [4.78, 5) is 2.51. The molecule has 1 unspecified atom stereocenters. The van der Waals surface area contributed by atoms with Gasteiger partial charge in [0.05, 0.1) is 7.11 Å². The smallest absolute Gasteiger partial charge is 0.122 e. The SMILES string of the molecule is COc1cc(CN2CCCCC2CN)ccc1C. The number of methoxy groups -OCH3 is 1. The van der Waals surface area contributed by atoms with E-state index in [1.165, 1.54) is 30.4 Å². The van der Waals surface area contributed by atoms with Crippen LogP contribution in [0.15, 0.2) is 18.2 Å². The highest BCUT2D eigenvalue weighted by atomic mass is 16.5. The van der Waals surface area contributed by atoms with Gasteiger partial charge in [-0.3, -0.25) is 4.90 Å². The fraction of sp³-hybridized carbons (Fsp3) is 0.600. The van der Waals surface area contributed by atoms with E-state index in [4.69, 9.17) is 10.5 Å². The molecule has 1 aromatic carbocycles. The van der Waals surface area contributed by atoms with E-state index in [1.807, 2.05) is 0 Å². The lowest BCUT2D eigenvalue weighted by Gasteiger charge is -2.35. The van der Waals surface area contributed by atoms with Crippen molar-refractivity contribution in [3.63, 3.8) is 0 Å². The van der Waals surface area contributed by atoms with Crippen LogP contribution in [0.1, 0.15) is 30.4 Å². The van der Waals surface area contributed by atoms with Crippen molar-refractivity contribution in [3.8, 4) is 5.75 Å². The summed E-state index contributed by atoms with van der Waals surface area (Å²) < 4.78 is 5.38. The maximum atomic E-state index is 5.86. The van der Waals surface area contributed by atoms with Gasteiger partial charge in [0.2, 0.25) is 0 Å². The van der Waals surface area contributed by atoms with Crippen LogP contribution in [0.25, 0.3) is 0 Å². The van der Waals surface area contributed by atoms with Gasteiger partial charge >= 0.3 is 0 Å². The number of hydrogen-bond acceptors (Lipinski definition) is 3. The molecular weight excluding hydrogens is 224 g/mol. The maximum Gasteiger partial charge on any atom is 0.122 e. The van der Waals surface area contributed by atoms with Gasteiger partial charge in [0.25, 0.3) is 0 Å². The molecule has 0 aliphatic carbocycles. The lowest BCUT2D eigenvalue weighted by Crippen LogP contribution is -2.43. The first-order chi connectivity index (χ1) is 8.74. The Morgan fingerprint density at radius 3 is 2.94 bits per heavy atom. The molecule has 0 saturated carbocycles. The Balaban J connectivity index is 2.07. The molecule has 3 nitrogen and oxygen atoms in total. The van der Waals surface area contributed by atoms with E-state index in [2.05, 4.69) is 30.0 Å². The minimum atomic E-state index is 0.547. The average molecular weight is 248 g/mol.